The highest BCUT2D eigenvalue weighted by Gasteiger charge is 2.68. The number of hydrogen-bond acceptors (Lipinski definition) is 9. The molecule has 1 aromatic heterocycles. The van der Waals surface area contributed by atoms with Gasteiger partial charge in [-0.25, -0.2) is 9.59 Å². The standard InChI is InChI=1S/C41H65NO9Si2/c1-12-53(13-2,14-3)40(6,26-47-8)38-27(4)22-28(5)41-29(23-33(43)50-38)17-18-31-34(41)35(44)32(25-46-7)36(37(31)51-41)49-24-30-16-15-19-42(30)39(45)48-20-21-52(9,10)11/h15-19,22-23,27,31-32,34-38,44H,12-14,20-21,24-26H2,1-11H3. The third-order valence-corrected chi connectivity index (χ3v) is 22.0. The fourth-order valence-electron chi connectivity index (χ4n) is 10.4. The molecule has 10 nitrogen and oxygen atoms in total. The number of carbonyl (C=O) groups excluding carboxylic acids is 2. The number of rotatable bonds is 15. The van der Waals surface area contributed by atoms with Gasteiger partial charge in [-0.2, -0.15) is 0 Å². The Morgan fingerprint density at radius 3 is 2.43 bits per heavy atom. The van der Waals surface area contributed by atoms with Crippen LogP contribution in [0.15, 0.2) is 53.8 Å². The van der Waals surface area contributed by atoms with Gasteiger partial charge in [-0.15, -0.1) is 0 Å². The Labute approximate surface area is 319 Å². The zero-order chi connectivity index (χ0) is 38.9. The number of carbonyl (C=O) groups is 2. The van der Waals surface area contributed by atoms with Crippen molar-refractivity contribution >= 4 is 28.2 Å². The molecule has 3 heterocycles. The smallest absolute Gasteiger partial charge is 0.418 e. The van der Waals surface area contributed by atoms with Crippen molar-refractivity contribution in [3.63, 3.8) is 0 Å². The van der Waals surface area contributed by atoms with Crippen molar-refractivity contribution in [3.8, 4) is 0 Å². The van der Waals surface area contributed by atoms with Crippen LogP contribution in [0.2, 0.25) is 48.9 Å². The van der Waals surface area contributed by atoms with Crippen LogP contribution in [0.5, 0.6) is 0 Å². The van der Waals surface area contributed by atoms with Crippen LogP contribution in [0.3, 0.4) is 0 Å². The van der Waals surface area contributed by atoms with E-state index in [0.29, 0.717) is 24.5 Å². The zero-order valence-corrected chi connectivity index (χ0v) is 36.0. The van der Waals surface area contributed by atoms with Gasteiger partial charge in [0.1, 0.15) is 11.7 Å². The largest absolute Gasteiger partial charge is 0.458 e. The number of aliphatic hydroxyl groups is 1. The number of aromatic nitrogens is 1. The summed E-state index contributed by atoms with van der Waals surface area (Å²) in [7, 11) is -0.00379. The summed E-state index contributed by atoms with van der Waals surface area (Å²) in [5, 5.41) is 12.0. The van der Waals surface area contributed by atoms with Gasteiger partial charge in [0, 0.05) is 63.3 Å². The van der Waals surface area contributed by atoms with E-state index >= 15 is 0 Å². The first kappa shape index (κ1) is 41.8. The molecule has 4 bridgehead atoms. The average molecular weight is 772 g/mol. The molecule has 10 atom stereocenters. The van der Waals surface area contributed by atoms with Crippen LogP contribution < -0.4 is 0 Å². The molecule has 1 spiro atoms. The first-order valence-electron chi connectivity index (χ1n) is 19.7. The van der Waals surface area contributed by atoms with E-state index in [1.54, 1.807) is 32.6 Å². The molecular formula is C41H65NO9Si2. The number of esters is 1. The van der Waals surface area contributed by atoms with Gasteiger partial charge in [-0.3, -0.25) is 4.57 Å². The number of nitrogens with zero attached hydrogens (tertiary/aromatic N) is 1. The van der Waals surface area contributed by atoms with Crippen LogP contribution in [-0.4, -0.2) is 102 Å². The summed E-state index contributed by atoms with van der Waals surface area (Å²) >= 11 is 0. The third kappa shape index (κ3) is 7.50. The molecule has 1 saturated heterocycles. The molecule has 1 N–H and O–H groups in total. The lowest BCUT2D eigenvalue weighted by molar-refractivity contribution is -0.148. The highest BCUT2D eigenvalue weighted by atomic mass is 28.3. The quantitative estimate of drug-likeness (QED) is 0.109. The molecular weight excluding hydrogens is 707 g/mol. The molecule has 2 aliphatic heterocycles. The second kappa shape index (κ2) is 16.4. The predicted molar refractivity (Wildman–Crippen MR) is 211 cm³/mol. The van der Waals surface area contributed by atoms with Crippen LogP contribution in [0, 0.1) is 23.7 Å². The molecule has 0 radical (unpaired) electrons. The average Bonchev–Trinajstić information content (AvgIpc) is 3.65. The number of hydrogen-bond donors (Lipinski definition) is 1. The number of methoxy groups -OCH3 is 2. The molecule has 2 aliphatic carbocycles. The first-order valence-corrected chi connectivity index (χ1v) is 26.0. The van der Waals surface area contributed by atoms with E-state index in [0.717, 1.165) is 29.7 Å². The highest BCUT2D eigenvalue weighted by molar-refractivity contribution is 6.82. The van der Waals surface area contributed by atoms with Gasteiger partial charge < -0.3 is 33.5 Å². The molecule has 53 heavy (non-hydrogen) atoms. The maximum atomic E-state index is 14.1. The number of aliphatic hydroxyl groups excluding tert-OH is 1. The van der Waals surface area contributed by atoms with Crippen molar-refractivity contribution in [2.75, 3.05) is 34.0 Å². The van der Waals surface area contributed by atoms with E-state index in [2.05, 4.69) is 73.3 Å². The van der Waals surface area contributed by atoms with Crippen molar-refractivity contribution in [2.24, 2.45) is 23.7 Å². The van der Waals surface area contributed by atoms with E-state index in [1.165, 1.54) is 4.57 Å². The van der Waals surface area contributed by atoms with Crippen LogP contribution in [0.25, 0.3) is 0 Å². The third-order valence-electron chi connectivity index (χ3n) is 13.4. The topological polar surface area (TPSA) is 115 Å². The fourth-order valence-corrected chi connectivity index (χ4v) is 16.4. The Morgan fingerprint density at radius 2 is 1.81 bits per heavy atom. The van der Waals surface area contributed by atoms with Crippen molar-refractivity contribution < 1.29 is 43.1 Å². The summed E-state index contributed by atoms with van der Waals surface area (Å²) in [6.45, 7) is 21.3. The predicted octanol–water partition coefficient (Wildman–Crippen LogP) is 7.62. The minimum Gasteiger partial charge on any atom is -0.458 e. The van der Waals surface area contributed by atoms with Gasteiger partial charge in [0.05, 0.1) is 58.5 Å². The summed E-state index contributed by atoms with van der Waals surface area (Å²) in [6, 6.07) is 7.72. The fraction of sp³-hybridized carbons (Fsp3) is 0.707. The lowest BCUT2D eigenvalue weighted by Crippen LogP contribution is -2.56. The van der Waals surface area contributed by atoms with Gasteiger partial charge in [0.15, 0.2) is 0 Å². The monoisotopic (exact) mass is 771 g/mol. The van der Waals surface area contributed by atoms with Crippen LogP contribution in [0.4, 0.5) is 4.79 Å². The van der Waals surface area contributed by atoms with E-state index in [1.807, 2.05) is 12.1 Å². The van der Waals surface area contributed by atoms with E-state index < -0.39 is 64.1 Å². The Kier molecular flexibility index (Phi) is 13.0. The zero-order valence-electron chi connectivity index (χ0n) is 34.0. The summed E-state index contributed by atoms with van der Waals surface area (Å²) in [5.74, 6) is -1.53. The molecule has 1 saturated carbocycles. The minimum atomic E-state index is -2.00. The minimum absolute atomic E-state index is 0.111. The summed E-state index contributed by atoms with van der Waals surface area (Å²) < 4.78 is 39.2. The van der Waals surface area contributed by atoms with Crippen molar-refractivity contribution in [1.82, 2.24) is 4.57 Å². The summed E-state index contributed by atoms with van der Waals surface area (Å²) in [5.41, 5.74) is 1.21. The molecule has 0 aromatic carbocycles. The molecule has 2 fully saturated rings. The molecule has 10 unspecified atom stereocenters. The van der Waals surface area contributed by atoms with Crippen LogP contribution in [-0.2, 0) is 39.8 Å². The van der Waals surface area contributed by atoms with Gasteiger partial charge in [-0.1, -0.05) is 90.6 Å². The Balaban J connectivity index is 1.50. The van der Waals surface area contributed by atoms with E-state index in [4.69, 9.17) is 28.4 Å². The summed E-state index contributed by atoms with van der Waals surface area (Å²) in [6.07, 6.45) is 6.81. The maximum Gasteiger partial charge on any atom is 0.418 e. The Hall–Kier alpha value is -2.33. The number of ether oxygens (including phenoxy) is 6. The Morgan fingerprint density at radius 1 is 1.11 bits per heavy atom. The highest BCUT2D eigenvalue weighted by Crippen LogP contribution is 2.61. The van der Waals surface area contributed by atoms with Gasteiger partial charge in [0.25, 0.3) is 0 Å². The lowest BCUT2D eigenvalue weighted by atomic mass is 9.59. The molecule has 5 rings (SSSR count). The normalized spacial score (nSPS) is 32.4. The second-order valence-corrected chi connectivity index (χ2v) is 28.8. The first-order chi connectivity index (χ1) is 25.1. The number of cyclic esters (lactones) is 1. The van der Waals surface area contributed by atoms with Crippen molar-refractivity contribution in [1.29, 1.82) is 0 Å². The van der Waals surface area contributed by atoms with Crippen molar-refractivity contribution in [3.05, 3.63) is 59.5 Å². The van der Waals surface area contributed by atoms with Gasteiger partial charge in [-0.05, 0) is 36.2 Å². The summed E-state index contributed by atoms with van der Waals surface area (Å²) in [4.78, 5) is 27.2. The van der Waals surface area contributed by atoms with Crippen LogP contribution >= 0.6 is 0 Å². The van der Waals surface area contributed by atoms with E-state index in [9.17, 15) is 14.7 Å². The van der Waals surface area contributed by atoms with E-state index in [-0.39, 0.29) is 36.0 Å². The molecule has 12 heteroatoms. The Bertz CT molecular complexity index is 1550. The van der Waals surface area contributed by atoms with Crippen molar-refractivity contribution in [2.45, 2.75) is 127 Å². The molecule has 296 valence electrons. The molecule has 4 aliphatic rings. The lowest BCUT2D eigenvalue weighted by Gasteiger charge is -2.51. The SMILES string of the molecule is CC[Si](CC)(CC)C(C)(COC)C1OC(=O)C=C2C=CC3C4OC2(C(C)=CC1C)C3C(O)C(COC)C4OCc1cccn1C(=O)OCC[Si](C)(C)C. The maximum absolute atomic E-state index is 14.1. The second-order valence-electron chi connectivity index (χ2n) is 17.3. The van der Waals surface area contributed by atoms with Gasteiger partial charge in [0.2, 0.25) is 0 Å². The van der Waals surface area contributed by atoms with Gasteiger partial charge >= 0.3 is 12.1 Å². The van der Waals surface area contributed by atoms with Crippen LogP contribution in [0.1, 0.15) is 47.2 Å². The molecule has 0 amide bonds. The molecule has 1 aromatic rings.